The number of nitrogens with zero attached hydrogens (tertiary/aromatic N) is 4. The molecular formula is C30H27FN6O. The van der Waals surface area contributed by atoms with Gasteiger partial charge >= 0.3 is 0 Å². The quantitative estimate of drug-likeness (QED) is 0.270. The number of amides is 1. The largest absolute Gasteiger partial charge is 0.365 e. The van der Waals surface area contributed by atoms with Gasteiger partial charge in [-0.25, -0.2) is 9.37 Å². The number of aromatic nitrogens is 3. The van der Waals surface area contributed by atoms with Gasteiger partial charge in [0.1, 0.15) is 11.6 Å². The van der Waals surface area contributed by atoms with Crippen LogP contribution in [0.4, 0.5) is 21.8 Å². The molecule has 5 rings (SSSR count). The number of anilines is 3. The Hall–Kier alpha value is -4.85. The molecular weight excluding hydrogens is 479 g/mol. The van der Waals surface area contributed by atoms with Gasteiger partial charge in [-0.2, -0.15) is 4.98 Å². The lowest BCUT2D eigenvalue weighted by Gasteiger charge is -2.19. The van der Waals surface area contributed by atoms with Crippen molar-refractivity contribution in [2.45, 2.75) is 20.0 Å². The number of carbonyl (C=O) groups is 1. The first kappa shape index (κ1) is 24.8. The van der Waals surface area contributed by atoms with E-state index < -0.39 is 0 Å². The molecule has 0 aliphatic heterocycles. The molecule has 0 saturated carbocycles. The molecule has 0 aliphatic carbocycles. The zero-order valence-corrected chi connectivity index (χ0v) is 21.1. The third-order valence-electron chi connectivity index (χ3n) is 6.08. The molecule has 190 valence electrons. The average molecular weight is 507 g/mol. The van der Waals surface area contributed by atoms with Crippen LogP contribution in [0.3, 0.4) is 0 Å². The third kappa shape index (κ3) is 5.92. The van der Waals surface area contributed by atoms with Crippen molar-refractivity contribution in [3.05, 3.63) is 119 Å². The lowest BCUT2D eigenvalue weighted by atomic mass is 10.1. The molecule has 0 aliphatic rings. The van der Waals surface area contributed by atoms with E-state index in [1.54, 1.807) is 6.20 Å². The van der Waals surface area contributed by atoms with Crippen LogP contribution >= 0.6 is 0 Å². The molecule has 0 atom stereocenters. The maximum atomic E-state index is 13.1. The number of fused-ring (bicyclic) bond motifs is 1. The molecule has 5 aromatic rings. The van der Waals surface area contributed by atoms with E-state index in [0.29, 0.717) is 30.3 Å². The molecule has 2 aromatic heterocycles. The van der Waals surface area contributed by atoms with Gasteiger partial charge in [0, 0.05) is 36.4 Å². The molecule has 7 nitrogen and oxygen atoms in total. The summed E-state index contributed by atoms with van der Waals surface area (Å²) in [6.07, 6.45) is 1.78. The van der Waals surface area contributed by atoms with E-state index in [4.69, 9.17) is 9.97 Å². The van der Waals surface area contributed by atoms with Gasteiger partial charge in [-0.1, -0.05) is 29.8 Å². The van der Waals surface area contributed by atoms with E-state index in [2.05, 4.69) is 21.7 Å². The van der Waals surface area contributed by atoms with Gasteiger partial charge in [-0.05, 0) is 73.2 Å². The lowest BCUT2D eigenvalue weighted by molar-refractivity contribution is 0.102. The van der Waals surface area contributed by atoms with Gasteiger partial charge in [0.15, 0.2) is 0 Å². The monoisotopic (exact) mass is 506 g/mol. The Morgan fingerprint density at radius 1 is 0.947 bits per heavy atom. The number of benzene rings is 3. The van der Waals surface area contributed by atoms with Gasteiger partial charge in [0.25, 0.3) is 5.91 Å². The minimum Gasteiger partial charge on any atom is -0.365 e. The summed E-state index contributed by atoms with van der Waals surface area (Å²) >= 11 is 0. The van der Waals surface area contributed by atoms with Crippen LogP contribution in [0.25, 0.3) is 10.9 Å². The van der Waals surface area contributed by atoms with Crippen LogP contribution in [-0.4, -0.2) is 27.9 Å². The van der Waals surface area contributed by atoms with Crippen LogP contribution in [-0.2, 0) is 13.1 Å². The van der Waals surface area contributed by atoms with E-state index in [0.717, 1.165) is 33.5 Å². The number of rotatable bonds is 8. The molecule has 0 saturated heterocycles. The van der Waals surface area contributed by atoms with Gasteiger partial charge in [-0.15, -0.1) is 0 Å². The molecule has 0 fully saturated rings. The third-order valence-corrected chi connectivity index (χ3v) is 6.08. The molecule has 3 aromatic carbocycles. The summed E-state index contributed by atoms with van der Waals surface area (Å²) in [5.74, 6) is 0.682. The van der Waals surface area contributed by atoms with Crippen molar-refractivity contribution in [1.82, 2.24) is 15.0 Å². The minimum absolute atomic E-state index is 0.291. The van der Waals surface area contributed by atoms with E-state index in [-0.39, 0.29) is 11.7 Å². The highest BCUT2D eigenvalue weighted by atomic mass is 19.1. The molecule has 0 unspecified atom stereocenters. The summed E-state index contributed by atoms with van der Waals surface area (Å²) in [7, 11) is 1.95. The highest BCUT2D eigenvalue weighted by molar-refractivity contribution is 6.04. The molecule has 0 spiro atoms. The SMILES string of the molecule is Cc1ccc2nc(N(C)Cc3ccccn3)nc(NCc3ccc(NC(=O)c4ccc(F)cc4)cc3)c2c1. The van der Waals surface area contributed by atoms with Crippen LogP contribution in [0.5, 0.6) is 0 Å². The van der Waals surface area contributed by atoms with Crippen molar-refractivity contribution < 1.29 is 9.18 Å². The fourth-order valence-electron chi connectivity index (χ4n) is 4.04. The van der Waals surface area contributed by atoms with Crippen LogP contribution in [0.2, 0.25) is 0 Å². The van der Waals surface area contributed by atoms with Crippen LogP contribution in [0.1, 0.15) is 27.2 Å². The van der Waals surface area contributed by atoms with Crippen molar-refractivity contribution in [3.63, 3.8) is 0 Å². The van der Waals surface area contributed by atoms with Crippen LogP contribution in [0.15, 0.2) is 91.1 Å². The Kier molecular flexibility index (Phi) is 7.21. The first-order valence-corrected chi connectivity index (χ1v) is 12.2. The Morgan fingerprint density at radius 2 is 1.74 bits per heavy atom. The maximum Gasteiger partial charge on any atom is 0.255 e. The van der Waals surface area contributed by atoms with Crippen LogP contribution in [0, 0.1) is 12.7 Å². The zero-order chi connectivity index (χ0) is 26.5. The average Bonchev–Trinajstić information content (AvgIpc) is 2.93. The lowest BCUT2D eigenvalue weighted by Crippen LogP contribution is -2.20. The van der Waals surface area contributed by atoms with Gasteiger partial charge in [0.2, 0.25) is 5.95 Å². The number of carbonyl (C=O) groups excluding carboxylic acids is 1. The molecule has 2 N–H and O–H groups in total. The second kappa shape index (κ2) is 11.0. The zero-order valence-electron chi connectivity index (χ0n) is 21.1. The number of halogens is 1. The molecule has 8 heteroatoms. The van der Waals surface area contributed by atoms with E-state index in [1.165, 1.54) is 24.3 Å². The summed E-state index contributed by atoms with van der Waals surface area (Å²) in [6.45, 7) is 3.17. The number of hydrogen-bond acceptors (Lipinski definition) is 6. The highest BCUT2D eigenvalue weighted by Crippen LogP contribution is 2.25. The smallest absolute Gasteiger partial charge is 0.255 e. The number of nitrogens with one attached hydrogen (secondary N) is 2. The Balaban J connectivity index is 1.31. The molecule has 2 heterocycles. The maximum absolute atomic E-state index is 13.1. The molecule has 1 amide bonds. The first-order valence-electron chi connectivity index (χ1n) is 12.2. The van der Waals surface area contributed by atoms with E-state index >= 15 is 0 Å². The van der Waals surface area contributed by atoms with Crippen molar-refractivity contribution in [2.24, 2.45) is 0 Å². The summed E-state index contributed by atoms with van der Waals surface area (Å²) < 4.78 is 13.1. The number of hydrogen-bond donors (Lipinski definition) is 2. The second-order valence-corrected chi connectivity index (χ2v) is 9.08. The predicted octanol–water partition coefficient (Wildman–Crippen LogP) is 5.97. The van der Waals surface area contributed by atoms with Crippen molar-refractivity contribution in [1.29, 1.82) is 0 Å². The van der Waals surface area contributed by atoms with Crippen LogP contribution < -0.4 is 15.5 Å². The predicted molar refractivity (Wildman–Crippen MR) is 149 cm³/mol. The number of pyridine rings is 1. The molecule has 38 heavy (non-hydrogen) atoms. The second-order valence-electron chi connectivity index (χ2n) is 9.08. The Bertz CT molecular complexity index is 1560. The normalized spacial score (nSPS) is 10.8. The topological polar surface area (TPSA) is 83.0 Å². The Labute approximate surface area is 220 Å². The molecule has 0 radical (unpaired) electrons. The van der Waals surface area contributed by atoms with Crippen molar-refractivity contribution in [3.8, 4) is 0 Å². The minimum atomic E-state index is -0.378. The van der Waals surface area contributed by atoms with E-state index in [1.807, 2.05) is 73.5 Å². The number of aryl methyl sites for hydroxylation is 1. The van der Waals surface area contributed by atoms with Gasteiger partial charge in [-0.3, -0.25) is 9.78 Å². The van der Waals surface area contributed by atoms with E-state index in [9.17, 15) is 9.18 Å². The fourth-order valence-corrected chi connectivity index (χ4v) is 4.04. The standard InChI is InChI=1S/C30H27FN6O/c1-20-6-15-27-26(17-20)28(36-30(35-27)37(2)19-25-5-3-4-16-32-25)33-18-21-7-13-24(14-8-21)34-29(38)22-9-11-23(31)12-10-22/h3-17H,18-19H2,1-2H3,(H,34,38)(H,33,35,36). The first-order chi connectivity index (χ1) is 18.4. The summed E-state index contributed by atoms with van der Waals surface area (Å²) in [5.41, 5.74) is 4.99. The Morgan fingerprint density at radius 3 is 2.47 bits per heavy atom. The summed E-state index contributed by atoms with van der Waals surface area (Å²) in [6, 6.07) is 25.0. The molecule has 0 bridgehead atoms. The summed E-state index contributed by atoms with van der Waals surface area (Å²) in [4.78, 5) is 28.4. The van der Waals surface area contributed by atoms with Crippen molar-refractivity contribution >= 4 is 34.3 Å². The van der Waals surface area contributed by atoms with Crippen molar-refractivity contribution in [2.75, 3.05) is 22.6 Å². The summed E-state index contributed by atoms with van der Waals surface area (Å²) in [5, 5.41) is 7.25. The van der Waals surface area contributed by atoms with Gasteiger partial charge in [0.05, 0.1) is 17.8 Å². The fraction of sp³-hybridized carbons (Fsp3) is 0.133. The highest BCUT2D eigenvalue weighted by Gasteiger charge is 2.13. The van der Waals surface area contributed by atoms with Gasteiger partial charge < -0.3 is 15.5 Å².